The Hall–Kier alpha value is -1.49. The van der Waals surface area contributed by atoms with Crippen molar-refractivity contribution in [1.82, 2.24) is 0 Å². The van der Waals surface area contributed by atoms with Gasteiger partial charge in [-0.25, -0.2) is 4.39 Å². The van der Waals surface area contributed by atoms with Gasteiger partial charge in [-0.05, 0) is 12.8 Å². The lowest BCUT2D eigenvalue weighted by Gasteiger charge is -2.42. The zero-order chi connectivity index (χ0) is 14.2. The van der Waals surface area contributed by atoms with E-state index in [0.717, 1.165) is 31.2 Å². The van der Waals surface area contributed by atoms with Crippen LogP contribution in [0.3, 0.4) is 0 Å². The van der Waals surface area contributed by atoms with Crippen molar-refractivity contribution in [2.75, 3.05) is 26.9 Å². The van der Waals surface area contributed by atoms with E-state index >= 15 is 0 Å². The molecule has 0 bridgehead atoms. The summed E-state index contributed by atoms with van der Waals surface area (Å²) in [5.41, 5.74) is 6.48. The molecule has 2 N–H and O–H groups in total. The molecule has 1 fully saturated rings. The summed E-state index contributed by atoms with van der Waals surface area (Å²) < 4.78 is 31.0. The summed E-state index contributed by atoms with van der Waals surface area (Å²) >= 11 is 0. The van der Waals surface area contributed by atoms with Crippen molar-refractivity contribution in [3.8, 4) is 17.2 Å². The average molecular weight is 281 g/mol. The van der Waals surface area contributed by atoms with Gasteiger partial charge in [0.05, 0.1) is 25.9 Å². The van der Waals surface area contributed by atoms with Gasteiger partial charge in [-0.3, -0.25) is 0 Å². The Morgan fingerprint density at radius 1 is 1.30 bits per heavy atom. The third kappa shape index (κ3) is 1.92. The highest BCUT2D eigenvalue weighted by atomic mass is 19.1. The van der Waals surface area contributed by atoms with Gasteiger partial charge in [0.15, 0.2) is 23.1 Å². The first kappa shape index (κ1) is 13.5. The first-order valence-corrected chi connectivity index (χ1v) is 7.08. The normalized spacial score (nSPS) is 19.9. The molecular formula is C15H20FNO3. The molecule has 0 radical (unpaired) electrons. The minimum absolute atomic E-state index is 0.245. The molecule has 0 saturated heterocycles. The van der Waals surface area contributed by atoms with Gasteiger partial charge in [-0.15, -0.1) is 0 Å². The zero-order valence-corrected chi connectivity index (χ0v) is 11.7. The number of nitrogens with two attached hydrogens (primary N) is 1. The lowest BCUT2D eigenvalue weighted by atomic mass is 9.64. The van der Waals surface area contributed by atoms with Crippen molar-refractivity contribution in [2.24, 2.45) is 5.73 Å². The maximum Gasteiger partial charge on any atom is 0.169 e. The summed E-state index contributed by atoms with van der Waals surface area (Å²) in [6, 6.07) is 1.35. The molecule has 20 heavy (non-hydrogen) atoms. The fourth-order valence-corrected chi connectivity index (χ4v) is 3.10. The van der Waals surface area contributed by atoms with Crippen LogP contribution in [0.4, 0.5) is 4.39 Å². The quantitative estimate of drug-likeness (QED) is 0.924. The highest BCUT2D eigenvalue weighted by molar-refractivity contribution is 5.59. The van der Waals surface area contributed by atoms with Crippen molar-refractivity contribution in [3.63, 3.8) is 0 Å². The molecule has 5 heteroatoms. The predicted molar refractivity (Wildman–Crippen MR) is 73.1 cm³/mol. The summed E-state index contributed by atoms with van der Waals surface area (Å²) in [5, 5.41) is 0. The molecule has 0 atom stereocenters. The first-order valence-electron chi connectivity index (χ1n) is 7.08. The fourth-order valence-electron chi connectivity index (χ4n) is 3.10. The molecular weight excluding hydrogens is 261 g/mol. The van der Waals surface area contributed by atoms with Gasteiger partial charge in [-0.2, -0.15) is 0 Å². The minimum Gasteiger partial charge on any atom is -0.493 e. The first-order chi connectivity index (χ1) is 9.72. The van der Waals surface area contributed by atoms with E-state index in [2.05, 4.69) is 0 Å². The third-order valence-electron chi connectivity index (χ3n) is 4.38. The molecule has 1 aliphatic heterocycles. The van der Waals surface area contributed by atoms with Crippen molar-refractivity contribution in [1.29, 1.82) is 0 Å². The number of halogens is 1. The summed E-state index contributed by atoms with van der Waals surface area (Å²) in [7, 11) is 1.48. The van der Waals surface area contributed by atoms with Crippen LogP contribution in [0.2, 0.25) is 0 Å². The minimum atomic E-state index is -0.411. The Morgan fingerprint density at radius 2 is 2.05 bits per heavy atom. The summed E-state index contributed by atoms with van der Waals surface area (Å²) in [5.74, 6) is 0.923. The number of methoxy groups -OCH3 is 1. The second kappa shape index (κ2) is 5.13. The summed E-state index contributed by atoms with van der Waals surface area (Å²) in [4.78, 5) is 0. The van der Waals surface area contributed by atoms with Crippen LogP contribution < -0.4 is 19.9 Å². The van der Waals surface area contributed by atoms with Crippen LogP contribution in [-0.4, -0.2) is 26.9 Å². The lowest BCUT2D eigenvalue weighted by molar-refractivity contribution is 0.224. The van der Waals surface area contributed by atoms with Crippen molar-refractivity contribution >= 4 is 0 Å². The Morgan fingerprint density at radius 3 is 2.65 bits per heavy atom. The Kier molecular flexibility index (Phi) is 3.46. The van der Waals surface area contributed by atoms with E-state index < -0.39 is 5.82 Å². The van der Waals surface area contributed by atoms with Gasteiger partial charge in [0.2, 0.25) is 0 Å². The van der Waals surface area contributed by atoms with Crippen molar-refractivity contribution in [3.05, 3.63) is 17.4 Å². The monoisotopic (exact) mass is 281 g/mol. The number of ether oxygens (including phenoxy) is 3. The predicted octanol–water partition coefficient (Wildman–Crippen LogP) is 2.38. The topological polar surface area (TPSA) is 53.7 Å². The molecule has 1 saturated carbocycles. The van der Waals surface area contributed by atoms with Gasteiger partial charge in [0, 0.05) is 24.4 Å². The van der Waals surface area contributed by atoms with E-state index in [4.69, 9.17) is 19.9 Å². The van der Waals surface area contributed by atoms with E-state index in [1.807, 2.05) is 0 Å². The summed E-state index contributed by atoms with van der Waals surface area (Å²) in [6.45, 7) is 1.56. The van der Waals surface area contributed by atoms with Gasteiger partial charge in [-0.1, -0.05) is 6.42 Å². The van der Waals surface area contributed by atoms with Crippen LogP contribution in [0.5, 0.6) is 17.2 Å². The maximum absolute atomic E-state index is 14.3. The molecule has 2 aliphatic rings. The lowest BCUT2D eigenvalue weighted by Crippen LogP contribution is -2.42. The molecule has 4 nitrogen and oxygen atoms in total. The Balaban J connectivity index is 2.21. The van der Waals surface area contributed by atoms with E-state index in [-0.39, 0.29) is 11.2 Å². The molecule has 0 aromatic heterocycles. The summed E-state index contributed by atoms with van der Waals surface area (Å²) in [6.07, 6.45) is 3.73. The molecule has 110 valence electrons. The SMILES string of the molecule is COc1c(F)cc2c(c1C1(CN)CCC1)OCCCO2. The second-order valence-corrected chi connectivity index (χ2v) is 5.48. The molecule has 0 amide bonds. The second-order valence-electron chi connectivity index (χ2n) is 5.48. The largest absolute Gasteiger partial charge is 0.493 e. The van der Waals surface area contributed by atoms with E-state index in [1.54, 1.807) is 0 Å². The van der Waals surface area contributed by atoms with Gasteiger partial charge >= 0.3 is 0 Å². The van der Waals surface area contributed by atoms with Crippen LogP contribution in [0.15, 0.2) is 6.07 Å². The Labute approximate surface area is 118 Å². The van der Waals surface area contributed by atoms with Gasteiger partial charge < -0.3 is 19.9 Å². The standard InChI is InChI=1S/C15H20FNO3/c1-18-13-10(16)8-11-14(20-7-3-6-19-11)12(13)15(9-17)4-2-5-15/h8H,2-7,9,17H2,1H3. The number of fused-ring (bicyclic) bond motifs is 1. The maximum atomic E-state index is 14.3. The van der Waals surface area contributed by atoms with Crippen LogP contribution >= 0.6 is 0 Å². The van der Waals surface area contributed by atoms with Crippen LogP contribution in [0.25, 0.3) is 0 Å². The van der Waals surface area contributed by atoms with Gasteiger partial charge in [0.1, 0.15) is 0 Å². The molecule has 1 aliphatic carbocycles. The highest BCUT2D eigenvalue weighted by Crippen LogP contribution is 2.54. The van der Waals surface area contributed by atoms with Gasteiger partial charge in [0.25, 0.3) is 0 Å². The highest BCUT2D eigenvalue weighted by Gasteiger charge is 2.44. The number of rotatable bonds is 3. The van der Waals surface area contributed by atoms with E-state index in [9.17, 15) is 4.39 Å². The smallest absolute Gasteiger partial charge is 0.169 e. The van der Waals surface area contributed by atoms with E-state index in [0.29, 0.717) is 31.3 Å². The molecule has 1 aromatic rings. The third-order valence-corrected chi connectivity index (χ3v) is 4.38. The van der Waals surface area contributed by atoms with Crippen LogP contribution in [-0.2, 0) is 5.41 Å². The molecule has 0 spiro atoms. The molecule has 1 aromatic carbocycles. The van der Waals surface area contributed by atoms with Crippen LogP contribution in [0.1, 0.15) is 31.2 Å². The fraction of sp³-hybridized carbons (Fsp3) is 0.600. The number of benzene rings is 1. The number of hydrogen-bond donors (Lipinski definition) is 1. The molecule has 0 unspecified atom stereocenters. The average Bonchev–Trinajstić information content (AvgIpc) is 2.63. The number of hydrogen-bond acceptors (Lipinski definition) is 4. The van der Waals surface area contributed by atoms with E-state index in [1.165, 1.54) is 13.2 Å². The Bertz CT molecular complexity index is 509. The van der Waals surface area contributed by atoms with Crippen LogP contribution in [0, 0.1) is 5.82 Å². The zero-order valence-electron chi connectivity index (χ0n) is 11.7. The molecule has 3 rings (SSSR count). The van der Waals surface area contributed by atoms with Crippen molar-refractivity contribution < 1.29 is 18.6 Å². The molecule has 1 heterocycles. The van der Waals surface area contributed by atoms with Crippen molar-refractivity contribution in [2.45, 2.75) is 31.1 Å².